The number of amides is 2. The molecular formula is C22H22Cl2N4O. The topological polar surface area (TPSA) is 57.3 Å². The Bertz CT molecular complexity index is 1060. The summed E-state index contributed by atoms with van der Waals surface area (Å²) in [5.41, 5.74) is 2.82. The van der Waals surface area contributed by atoms with Crippen LogP contribution in [0.4, 0.5) is 10.5 Å². The van der Waals surface area contributed by atoms with E-state index in [0.29, 0.717) is 10.0 Å². The van der Waals surface area contributed by atoms with Gasteiger partial charge in [-0.15, -0.1) is 0 Å². The Kier molecular flexibility index (Phi) is 5.90. The monoisotopic (exact) mass is 428 g/mol. The Morgan fingerprint density at radius 3 is 2.90 bits per heavy atom. The summed E-state index contributed by atoms with van der Waals surface area (Å²) in [6.45, 7) is 4.44. The van der Waals surface area contributed by atoms with Crippen LogP contribution in [0, 0.1) is 6.92 Å². The summed E-state index contributed by atoms with van der Waals surface area (Å²) in [4.78, 5) is 19.2. The molecule has 0 aliphatic carbocycles. The number of aromatic nitrogens is 1. The first-order chi connectivity index (χ1) is 14.0. The number of aryl methyl sites for hydroxylation is 1. The van der Waals surface area contributed by atoms with Gasteiger partial charge in [0.1, 0.15) is 0 Å². The fourth-order valence-corrected chi connectivity index (χ4v) is 4.04. The van der Waals surface area contributed by atoms with Crippen molar-refractivity contribution in [3.8, 4) is 0 Å². The zero-order valence-corrected chi connectivity index (χ0v) is 17.6. The molecule has 0 spiro atoms. The van der Waals surface area contributed by atoms with Crippen molar-refractivity contribution >= 4 is 45.7 Å². The van der Waals surface area contributed by atoms with E-state index >= 15 is 0 Å². The third-order valence-electron chi connectivity index (χ3n) is 5.15. The molecule has 7 heteroatoms. The zero-order chi connectivity index (χ0) is 20.4. The van der Waals surface area contributed by atoms with E-state index in [1.54, 1.807) is 0 Å². The summed E-state index contributed by atoms with van der Waals surface area (Å²) in [5.74, 6) is 0. The van der Waals surface area contributed by atoms with Crippen molar-refractivity contribution in [3.63, 3.8) is 0 Å². The zero-order valence-electron chi connectivity index (χ0n) is 16.1. The number of rotatable bonds is 4. The van der Waals surface area contributed by atoms with Crippen molar-refractivity contribution in [2.45, 2.75) is 25.9 Å². The fraction of sp³-hybridized carbons (Fsp3) is 0.273. The molecule has 0 radical (unpaired) electrons. The highest BCUT2D eigenvalue weighted by Crippen LogP contribution is 2.25. The minimum absolute atomic E-state index is 0.108. The number of benzene rings is 2. The lowest BCUT2D eigenvalue weighted by Gasteiger charge is -2.18. The first kappa shape index (κ1) is 20.0. The number of carbonyl (C=O) groups is 1. The average molecular weight is 429 g/mol. The van der Waals surface area contributed by atoms with Crippen molar-refractivity contribution in [1.82, 2.24) is 15.2 Å². The minimum atomic E-state index is -0.187. The van der Waals surface area contributed by atoms with Crippen molar-refractivity contribution in [2.75, 3.05) is 18.4 Å². The molecule has 3 aromatic rings. The number of carbonyl (C=O) groups excluding carboxylic acids is 1. The lowest BCUT2D eigenvalue weighted by molar-refractivity contribution is 0.247. The molecule has 0 bridgehead atoms. The van der Waals surface area contributed by atoms with Crippen LogP contribution in [0.1, 0.15) is 17.7 Å². The fourth-order valence-electron chi connectivity index (χ4n) is 3.72. The molecular weight excluding hydrogens is 407 g/mol. The molecule has 2 N–H and O–H groups in total. The van der Waals surface area contributed by atoms with Gasteiger partial charge < -0.3 is 10.6 Å². The lowest BCUT2D eigenvalue weighted by Crippen LogP contribution is -2.39. The first-order valence-electron chi connectivity index (χ1n) is 9.57. The number of anilines is 1. The van der Waals surface area contributed by atoms with Crippen molar-refractivity contribution in [3.05, 3.63) is 70.0 Å². The standard InChI is InChI=1S/C22H22Cl2N4O/c1-14-9-18-16(11-25-14)3-2-4-21(18)27-22(29)26-17-7-8-28(13-17)12-15-5-6-19(23)20(24)10-15/h2-6,9-11,17H,7-8,12-13H2,1H3,(H2,26,27,29). The summed E-state index contributed by atoms with van der Waals surface area (Å²) >= 11 is 12.1. The molecule has 29 heavy (non-hydrogen) atoms. The number of hydrogen-bond donors (Lipinski definition) is 2. The number of likely N-dealkylation sites (tertiary alicyclic amines) is 1. The summed E-state index contributed by atoms with van der Waals surface area (Å²) in [5, 5.41) is 9.20. The molecule has 1 aliphatic rings. The van der Waals surface area contributed by atoms with Gasteiger partial charge in [-0.05, 0) is 43.2 Å². The van der Waals surface area contributed by atoms with E-state index in [4.69, 9.17) is 23.2 Å². The summed E-state index contributed by atoms with van der Waals surface area (Å²) in [7, 11) is 0. The van der Waals surface area contributed by atoms with Crippen LogP contribution in [-0.4, -0.2) is 35.0 Å². The number of urea groups is 1. The molecule has 1 fully saturated rings. The van der Waals surface area contributed by atoms with Crippen LogP contribution >= 0.6 is 23.2 Å². The van der Waals surface area contributed by atoms with E-state index in [1.165, 1.54) is 0 Å². The predicted molar refractivity (Wildman–Crippen MR) is 119 cm³/mol. The summed E-state index contributed by atoms with van der Waals surface area (Å²) in [6.07, 6.45) is 2.74. The van der Waals surface area contributed by atoms with Gasteiger partial charge in [-0.2, -0.15) is 0 Å². The van der Waals surface area contributed by atoms with Crippen LogP contribution in [0.2, 0.25) is 10.0 Å². The molecule has 1 aromatic heterocycles. The number of nitrogens with one attached hydrogen (secondary N) is 2. The number of hydrogen-bond acceptors (Lipinski definition) is 3. The Hall–Kier alpha value is -2.34. The molecule has 2 amide bonds. The maximum atomic E-state index is 12.6. The number of nitrogens with zero attached hydrogens (tertiary/aromatic N) is 2. The molecule has 150 valence electrons. The number of fused-ring (bicyclic) bond motifs is 1. The van der Waals surface area contributed by atoms with Crippen LogP contribution in [0.25, 0.3) is 10.8 Å². The largest absolute Gasteiger partial charge is 0.334 e. The number of halogens is 2. The van der Waals surface area contributed by atoms with Crippen LogP contribution in [0.3, 0.4) is 0 Å². The molecule has 0 saturated carbocycles. The molecule has 1 atom stereocenters. The molecule has 5 nitrogen and oxygen atoms in total. The van der Waals surface area contributed by atoms with Crippen molar-refractivity contribution in [2.24, 2.45) is 0 Å². The van der Waals surface area contributed by atoms with Gasteiger partial charge in [0.05, 0.1) is 15.7 Å². The van der Waals surface area contributed by atoms with Gasteiger partial charge in [0, 0.05) is 48.3 Å². The second kappa shape index (κ2) is 8.57. The highest BCUT2D eigenvalue weighted by Gasteiger charge is 2.24. The Balaban J connectivity index is 1.35. The smallest absolute Gasteiger partial charge is 0.319 e. The van der Waals surface area contributed by atoms with E-state index in [1.807, 2.05) is 55.6 Å². The molecule has 2 aromatic carbocycles. The number of pyridine rings is 1. The lowest BCUT2D eigenvalue weighted by atomic mass is 10.1. The van der Waals surface area contributed by atoms with Crippen LogP contribution in [0.5, 0.6) is 0 Å². The van der Waals surface area contributed by atoms with Gasteiger partial charge in [0.2, 0.25) is 0 Å². The third kappa shape index (κ3) is 4.81. The van der Waals surface area contributed by atoms with E-state index in [0.717, 1.165) is 53.8 Å². The van der Waals surface area contributed by atoms with E-state index in [-0.39, 0.29) is 12.1 Å². The normalized spacial score (nSPS) is 16.9. The molecule has 4 rings (SSSR count). The SMILES string of the molecule is Cc1cc2c(NC(=O)NC3CCN(Cc4ccc(Cl)c(Cl)c4)C3)cccc2cn1. The molecule has 1 unspecified atom stereocenters. The molecule has 2 heterocycles. The first-order valence-corrected chi connectivity index (χ1v) is 10.3. The maximum Gasteiger partial charge on any atom is 0.319 e. The van der Waals surface area contributed by atoms with Gasteiger partial charge in [-0.1, -0.05) is 41.4 Å². The Morgan fingerprint density at radius 2 is 2.07 bits per heavy atom. The average Bonchev–Trinajstić information content (AvgIpc) is 3.12. The Morgan fingerprint density at radius 1 is 1.21 bits per heavy atom. The van der Waals surface area contributed by atoms with Crippen LogP contribution < -0.4 is 10.6 Å². The quantitative estimate of drug-likeness (QED) is 0.596. The van der Waals surface area contributed by atoms with Crippen molar-refractivity contribution < 1.29 is 4.79 Å². The highest BCUT2D eigenvalue weighted by molar-refractivity contribution is 6.42. The summed E-state index contributed by atoms with van der Waals surface area (Å²) < 4.78 is 0. The highest BCUT2D eigenvalue weighted by atomic mass is 35.5. The maximum absolute atomic E-state index is 12.6. The van der Waals surface area contributed by atoms with Gasteiger partial charge >= 0.3 is 6.03 Å². The van der Waals surface area contributed by atoms with Gasteiger partial charge in [-0.3, -0.25) is 9.88 Å². The van der Waals surface area contributed by atoms with Gasteiger partial charge in [0.25, 0.3) is 0 Å². The van der Waals surface area contributed by atoms with Crippen LogP contribution in [0.15, 0.2) is 48.7 Å². The second-order valence-corrected chi connectivity index (χ2v) is 8.23. The van der Waals surface area contributed by atoms with Gasteiger partial charge in [-0.25, -0.2) is 4.79 Å². The summed E-state index contributed by atoms with van der Waals surface area (Å²) in [6, 6.07) is 13.4. The van der Waals surface area contributed by atoms with Gasteiger partial charge in [0.15, 0.2) is 0 Å². The molecule has 1 aliphatic heterocycles. The predicted octanol–water partition coefficient (Wildman–Crippen LogP) is 5.25. The van der Waals surface area contributed by atoms with E-state index < -0.39 is 0 Å². The van der Waals surface area contributed by atoms with E-state index in [9.17, 15) is 4.79 Å². The Labute approximate surface area is 180 Å². The van der Waals surface area contributed by atoms with Crippen LogP contribution in [-0.2, 0) is 6.54 Å². The molecule has 1 saturated heterocycles. The third-order valence-corrected chi connectivity index (χ3v) is 5.89. The van der Waals surface area contributed by atoms with E-state index in [2.05, 4.69) is 20.5 Å². The minimum Gasteiger partial charge on any atom is -0.334 e. The van der Waals surface area contributed by atoms with Crippen molar-refractivity contribution in [1.29, 1.82) is 0 Å². The second-order valence-electron chi connectivity index (χ2n) is 7.42.